The molecule has 0 aliphatic carbocycles. The Kier molecular flexibility index (Phi) is 6.65. The minimum absolute atomic E-state index is 0.00500. The lowest BCUT2D eigenvalue weighted by Gasteiger charge is -2.08. The number of nitrogens with one attached hydrogen (secondary N) is 1. The molecule has 0 saturated heterocycles. The third kappa shape index (κ3) is 5.34. The first-order chi connectivity index (χ1) is 14.4. The maximum absolute atomic E-state index is 12.3. The van der Waals surface area contributed by atoms with Crippen LogP contribution in [0.15, 0.2) is 76.2 Å². The van der Waals surface area contributed by atoms with Crippen LogP contribution in [0.5, 0.6) is 0 Å². The number of esters is 2. The molecule has 0 bridgehead atoms. The molecule has 1 N–H and O–H groups in total. The largest absolute Gasteiger partial charge is 0.468 e. The van der Waals surface area contributed by atoms with Crippen LogP contribution in [-0.2, 0) is 32.6 Å². The lowest BCUT2D eigenvalue weighted by Crippen LogP contribution is -2.23. The highest BCUT2D eigenvalue weighted by Gasteiger charge is 2.16. The quantitative estimate of drug-likeness (QED) is 0.548. The zero-order chi connectivity index (χ0) is 21.6. The standard InChI is InChI=1S/C21H19NO7S/c1-27-20(23)16-6-4-15(5-7-16)14-29-21(24)17-8-10-19(11-9-17)30(25,26)22-13-18-3-2-12-28-18/h2-12,22H,13-14H2,1H3. The highest BCUT2D eigenvalue weighted by molar-refractivity contribution is 7.89. The van der Waals surface area contributed by atoms with Gasteiger partial charge < -0.3 is 13.9 Å². The summed E-state index contributed by atoms with van der Waals surface area (Å²) in [5.41, 5.74) is 1.30. The molecule has 9 heteroatoms. The lowest BCUT2D eigenvalue weighted by atomic mass is 10.1. The molecule has 3 aromatic rings. The van der Waals surface area contributed by atoms with E-state index in [0.717, 1.165) is 0 Å². The van der Waals surface area contributed by atoms with Crippen LogP contribution < -0.4 is 4.72 Å². The molecule has 1 aromatic heterocycles. The Hall–Kier alpha value is -3.43. The molecule has 0 aliphatic rings. The van der Waals surface area contributed by atoms with Crippen LogP contribution in [0.25, 0.3) is 0 Å². The van der Waals surface area contributed by atoms with Gasteiger partial charge in [-0.3, -0.25) is 0 Å². The summed E-state index contributed by atoms with van der Waals surface area (Å²) in [5, 5.41) is 0. The number of carbonyl (C=O) groups excluding carboxylic acids is 2. The van der Waals surface area contributed by atoms with E-state index in [1.54, 1.807) is 36.4 Å². The van der Waals surface area contributed by atoms with Crippen molar-refractivity contribution in [3.8, 4) is 0 Å². The summed E-state index contributed by atoms with van der Waals surface area (Å²) in [5.74, 6) is -0.565. The minimum Gasteiger partial charge on any atom is -0.468 e. The van der Waals surface area contributed by atoms with Crippen molar-refractivity contribution in [1.29, 1.82) is 0 Å². The van der Waals surface area contributed by atoms with Crippen molar-refractivity contribution < 1.29 is 31.9 Å². The van der Waals surface area contributed by atoms with Crippen LogP contribution in [0.2, 0.25) is 0 Å². The smallest absolute Gasteiger partial charge is 0.338 e. The Labute approximate surface area is 173 Å². The van der Waals surface area contributed by atoms with E-state index >= 15 is 0 Å². The fourth-order valence-electron chi connectivity index (χ4n) is 2.52. The Morgan fingerprint density at radius 1 is 0.933 bits per heavy atom. The van der Waals surface area contributed by atoms with E-state index in [0.29, 0.717) is 16.9 Å². The number of methoxy groups -OCH3 is 1. The summed E-state index contributed by atoms with van der Waals surface area (Å²) < 4.78 is 42.0. The van der Waals surface area contributed by atoms with Gasteiger partial charge in [0, 0.05) is 0 Å². The number of rotatable bonds is 8. The number of hydrogen-bond donors (Lipinski definition) is 1. The third-order valence-corrected chi connectivity index (χ3v) is 5.58. The second-order valence-corrected chi connectivity index (χ2v) is 7.96. The van der Waals surface area contributed by atoms with Crippen LogP contribution in [0.3, 0.4) is 0 Å². The Bertz CT molecular complexity index is 1100. The molecule has 0 atom stereocenters. The Balaban J connectivity index is 1.57. The average molecular weight is 429 g/mol. The van der Waals surface area contributed by atoms with Gasteiger partial charge >= 0.3 is 11.9 Å². The van der Waals surface area contributed by atoms with Crippen molar-refractivity contribution in [2.24, 2.45) is 0 Å². The molecule has 0 spiro atoms. The van der Waals surface area contributed by atoms with Crippen molar-refractivity contribution in [1.82, 2.24) is 4.72 Å². The minimum atomic E-state index is -3.75. The monoisotopic (exact) mass is 429 g/mol. The van der Waals surface area contributed by atoms with Crippen LogP contribution in [0, 0.1) is 0 Å². The fraction of sp³-hybridized carbons (Fsp3) is 0.143. The molecule has 0 radical (unpaired) electrons. The van der Waals surface area contributed by atoms with Crippen molar-refractivity contribution in [2.75, 3.05) is 7.11 Å². The summed E-state index contributed by atoms with van der Waals surface area (Å²) >= 11 is 0. The summed E-state index contributed by atoms with van der Waals surface area (Å²) in [6, 6.07) is 15.2. The molecule has 8 nitrogen and oxygen atoms in total. The molecule has 156 valence electrons. The molecule has 2 aromatic carbocycles. The molecular formula is C21H19NO7S. The Morgan fingerprint density at radius 2 is 1.57 bits per heavy atom. The topological polar surface area (TPSA) is 112 Å². The molecule has 30 heavy (non-hydrogen) atoms. The lowest BCUT2D eigenvalue weighted by molar-refractivity contribution is 0.0471. The molecule has 1 heterocycles. The first-order valence-corrected chi connectivity index (χ1v) is 10.3. The van der Waals surface area contributed by atoms with Gasteiger partial charge in [-0.05, 0) is 54.1 Å². The van der Waals surface area contributed by atoms with Gasteiger partial charge in [0.05, 0.1) is 35.9 Å². The van der Waals surface area contributed by atoms with E-state index in [2.05, 4.69) is 9.46 Å². The van der Waals surface area contributed by atoms with E-state index in [1.165, 1.54) is 37.6 Å². The van der Waals surface area contributed by atoms with Crippen LogP contribution in [0.4, 0.5) is 0 Å². The predicted octanol–water partition coefficient (Wildman–Crippen LogP) is 2.90. The maximum Gasteiger partial charge on any atom is 0.338 e. The molecule has 3 rings (SSSR count). The number of ether oxygens (including phenoxy) is 2. The summed E-state index contributed by atoms with van der Waals surface area (Å²) in [4.78, 5) is 23.6. The number of sulfonamides is 1. The van der Waals surface area contributed by atoms with Gasteiger partial charge in [0.1, 0.15) is 12.4 Å². The van der Waals surface area contributed by atoms with E-state index in [4.69, 9.17) is 9.15 Å². The van der Waals surface area contributed by atoms with Crippen LogP contribution >= 0.6 is 0 Å². The second-order valence-electron chi connectivity index (χ2n) is 6.19. The SMILES string of the molecule is COC(=O)c1ccc(COC(=O)c2ccc(S(=O)(=O)NCc3ccco3)cc2)cc1. The van der Waals surface area contributed by atoms with E-state index in [-0.39, 0.29) is 23.6 Å². The van der Waals surface area contributed by atoms with Gasteiger partial charge in [-0.25, -0.2) is 22.7 Å². The second kappa shape index (κ2) is 9.38. The first kappa shape index (κ1) is 21.3. The van der Waals surface area contributed by atoms with Gasteiger partial charge in [0.15, 0.2) is 0 Å². The van der Waals surface area contributed by atoms with E-state index in [1.807, 2.05) is 0 Å². The summed E-state index contributed by atoms with van der Waals surface area (Å²) in [6.07, 6.45) is 1.46. The maximum atomic E-state index is 12.3. The van der Waals surface area contributed by atoms with Crippen molar-refractivity contribution in [3.63, 3.8) is 0 Å². The highest BCUT2D eigenvalue weighted by atomic mass is 32.2. The van der Waals surface area contributed by atoms with Gasteiger partial charge in [0.2, 0.25) is 10.0 Å². The van der Waals surface area contributed by atoms with Gasteiger partial charge in [-0.1, -0.05) is 12.1 Å². The van der Waals surface area contributed by atoms with Crippen LogP contribution in [0.1, 0.15) is 32.0 Å². The number of furan rings is 1. The average Bonchev–Trinajstić information content (AvgIpc) is 3.30. The predicted molar refractivity (Wildman–Crippen MR) is 106 cm³/mol. The molecular weight excluding hydrogens is 410 g/mol. The van der Waals surface area contributed by atoms with Crippen LogP contribution in [-0.4, -0.2) is 27.5 Å². The molecule has 0 unspecified atom stereocenters. The van der Waals surface area contributed by atoms with Crippen molar-refractivity contribution >= 4 is 22.0 Å². The molecule has 0 saturated carbocycles. The Morgan fingerprint density at radius 3 is 2.17 bits per heavy atom. The zero-order valence-corrected chi connectivity index (χ0v) is 16.8. The van der Waals surface area contributed by atoms with E-state index in [9.17, 15) is 18.0 Å². The van der Waals surface area contributed by atoms with Gasteiger partial charge in [-0.15, -0.1) is 0 Å². The molecule has 0 amide bonds. The van der Waals surface area contributed by atoms with Gasteiger partial charge in [0.25, 0.3) is 0 Å². The molecule has 0 aliphatic heterocycles. The molecule has 0 fully saturated rings. The normalized spacial score (nSPS) is 11.1. The summed E-state index contributed by atoms with van der Waals surface area (Å²) in [7, 11) is -2.45. The van der Waals surface area contributed by atoms with Crippen molar-refractivity contribution in [2.45, 2.75) is 18.0 Å². The number of benzene rings is 2. The third-order valence-electron chi connectivity index (χ3n) is 4.16. The van der Waals surface area contributed by atoms with Crippen molar-refractivity contribution in [3.05, 3.63) is 89.4 Å². The number of hydrogen-bond acceptors (Lipinski definition) is 7. The summed E-state index contributed by atoms with van der Waals surface area (Å²) in [6.45, 7) is 0.0267. The number of carbonyl (C=O) groups is 2. The van der Waals surface area contributed by atoms with Gasteiger partial charge in [-0.2, -0.15) is 0 Å². The fourth-order valence-corrected chi connectivity index (χ4v) is 3.51. The van der Waals surface area contributed by atoms with E-state index < -0.39 is 22.0 Å². The highest BCUT2D eigenvalue weighted by Crippen LogP contribution is 2.14. The zero-order valence-electron chi connectivity index (χ0n) is 16.0. The first-order valence-electron chi connectivity index (χ1n) is 8.85.